The highest BCUT2D eigenvalue weighted by molar-refractivity contribution is 7.96. The van der Waals surface area contributed by atoms with Crippen LogP contribution >= 0.6 is 9.24 Å². The van der Waals surface area contributed by atoms with Gasteiger partial charge < -0.3 is 4.74 Å². The second kappa shape index (κ2) is 8.60. The first-order valence-corrected chi connectivity index (χ1v) is 10.7. The van der Waals surface area contributed by atoms with Gasteiger partial charge in [0, 0.05) is 18.1 Å². The highest BCUT2D eigenvalue weighted by Crippen LogP contribution is 2.41. The lowest BCUT2D eigenvalue weighted by Crippen LogP contribution is -2.28. The van der Waals surface area contributed by atoms with Gasteiger partial charge >= 0.3 is 0 Å². The van der Waals surface area contributed by atoms with Crippen molar-refractivity contribution >= 4 is 25.0 Å². The lowest BCUT2D eigenvalue weighted by atomic mass is 9.81. The predicted octanol–water partition coefficient (Wildman–Crippen LogP) is 5.50. The van der Waals surface area contributed by atoms with E-state index < -0.39 is 55.9 Å². The number of rotatable bonds is 7. The van der Waals surface area contributed by atoms with Gasteiger partial charge in [-0.05, 0) is 38.7 Å². The number of halogens is 5. The molecule has 0 amide bonds. The summed E-state index contributed by atoms with van der Waals surface area (Å²) in [4.78, 5) is -0.401. The topological polar surface area (TPSA) is 55.4 Å². The van der Waals surface area contributed by atoms with Gasteiger partial charge in [0.15, 0.2) is 17.4 Å². The molecule has 0 bridgehead atoms. The summed E-state index contributed by atoms with van der Waals surface area (Å²) in [5.41, 5.74) is 0.00675. The van der Waals surface area contributed by atoms with Crippen LogP contribution in [-0.4, -0.2) is 20.4 Å². The monoisotopic (exact) mass is 457 g/mol. The lowest BCUT2D eigenvalue weighted by Gasteiger charge is -2.30. The Balaban J connectivity index is 2.26. The minimum absolute atomic E-state index is 0.00181. The van der Waals surface area contributed by atoms with Crippen LogP contribution in [-0.2, 0) is 10.0 Å². The van der Waals surface area contributed by atoms with Gasteiger partial charge in [0.2, 0.25) is 12.0 Å². The second-order valence-electron chi connectivity index (χ2n) is 6.92. The third-order valence-electron chi connectivity index (χ3n) is 4.69. The summed E-state index contributed by atoms with van der Waals surface area (Å²) in [5, 5.41) is 0. The molecule has 3 atom stereocenters. The van der Waals surface area contributed by atoms with Crippen molar-refractivity contribution in [2.45, 2.75) is 45.1 Å². The molecule has 1 aliphatic carbocycles. The first kappa shape index (κ1) is 23.6. The van der Waals surface area contributed by atoms with Crippen LogP contribution in [0.25, 0.3) is 0 Å². The van der Waals surface area contributed by atoms with E-state index in [4.69, 9.17) is 0 Å². The molecule has 0 heterocycles. The molecule has 0 aliphatic heterocycles. The molecular formula is C18H21F5NO3PS. The molecule has 1 aromatic rings. The van der Waals surface area contributed by atoms with E-state index in [0.29, 0.717) is 17.7 Å². The maximum atomic E-state index is 14.1. The Morgan fingerprint density at radius 1 is 1.34 bits per heavy atom. The first-order valence-electron chi connectivity index (χ1n) is 8.56. The van der Waals surface area contributed by atoms with E-state index in [-0.39, 0.29) is 24.8 Å². The third-order valence-corrected chi connectivity index (χ3v) is 6.21. The van der Waals surface area contributed by atoms with Crippen molar-refractivity contribution in [3.05, 3.63) is 46.4 Å². The number of alkyl halides is 3. The summed E-state index contributed by atoms with van der Waals surface area (Å²) in [6.45, 7) is 5.86. The van der Waals surface area contributed by atoms with Crippen LogP contribution in [0.3, 0.4) is 0 Å². The molecule has 0 saturated carbocycles. The van der Waals surface area contributed by atoms with Crippen molar-refractivity contribution in [3.63, 3.8) is 0 Å². The molecule has 0 radical (unpaired) electrons. The SMILES string of the molecule is C=C(C1=C(C)CC(C(C)(F)F)CC1)S(=O)(=O)Nc1cc(F)c(OC(F)P)cc1F. The molecule has 0 saturated heterocycles. The minimum Gasteiger partial charge on any atom is -0.454 e. The van der Waals surface area contributed by atoms with Gasteiger partial charge in [-0.15, -0.1) is 0 Å². The smallest absolute Gasteiger partial charge is 0.261 e. The molecule has 11 heteroatoms. The van der Waals surface area contributed by atoms with Crippen molar-refractivity contribution in [1.29, 1.82) is 0 Å². The fourth-order valence-corrected chi connectivity index (χ4v) is 4.44. The van der Waals surface area contributed by atoms with Crippen LogP contribution in [0.2, 0.25) is 0 Å². The first-order chi connectivity index (χ1) is 13.2. The Morgan fingerprint density at radius 3 is 2.48 bits per heavy atom. The molecule has 2 rings (SSSR count). The number of allylic oxidation sites excluding steroid dienone is 2. The molecule has 0 fully saturated rings. The quantitative estimate of drug-likeness (QED) is 0.435. The molecule has 0 spiro atoms. The van der Waals surface area contributed by atoms with Crippen LogP contribution in [0, 0.1) is 17.6 Å². The molecular weight excluding hydrogens is 436 g/mol. The van der Waals surface area contributed by atoms with Crippen LogP contribution < -0.4 is 9.46 Å². The molecule has 1 aromatic carbocycles. The fraction of sp³-hybridized carbons (Fsp3) is 0.444. The van der Waals surface area contributed by atoms with E-state index in [2.05, 4.69) is 11.3 Å². The van der Waals surface area contributed by atoms with Gasteiger partial charge in [0.25, 0.3) is 10.0 Å². The number of anilines is 1. The van der Waals surface area contributed by atoms with Gasteiger partial charge in [-0.25, -0.2) is 26.0 Å². The van der Waals surface area contributed by atoms with E-state index in [9.17, 15) is 30.4 Å². The molecule has 1 N–H and O–H groups in total. The summed E-state index contributed by atoms with van der Waals surface area (Å²) in [6, 6.07) is 1.02. The number of benzene rings is 1. The van der Waals surface area contributed by atoms with Crippen molar-refractivity contribution < 1.29 is 35.1 Å². The largest absolute Gasteiger partial charge is 0.454 e. The normalized spacial score (nSPS) is 19.1. The van der Waals surface area contributed by atoms with Gasteiger partial charge in [-0.3, -0.25) is 4.72 Å². The Bertz CT molecular complexity index is 942. The Kier molecular flexibility index (Phi) is 7.00. The summed E-state index contributed by atoms with van der Waals surface area (Å²) in [5.74, 6) is -6.91. The average Bonchev–Trinajstić information content (AvgIpc) is 2.57. The van der Waals surface area contributed by atoms with E-state index in [1.807, 2.05) is 4.72 Å². The van der Waals surface area contributed by atoms with Gasteiger partial charge in [0.05, 0.1) is 10.6 Å². The standard InChI is InChI=1S/C18H21F5NO3PS/c1-9-6-11(18(3,22)23)4-5-12(9)10(2)29(25,26)24-15-7-14(20)16(8-13(15)19)27-17(21)28/h7-8,11,17,24H,2,4-6,28H2,1,3H3. The summed E-state index contributed by atoms with van der Waals surface area (Å²) in [6.07, 6.45) is -1.84. The van der Waals surface area contributed by atoms with Crippen molar-refractivity contribution in [1.82, 2.24) is 0 Å². The number of nitrogens with one attached hydrogen (secondary N) is 1. The van der Waals surface area contributed by atoms with E-state index in [1.54, 1.807) is 9.24 Å². The van der Waals surface area contributed by atoms with E-state index in [0.717, 1.165) is 6.92 Å². The summed E-state index contributed by atoms with van der Waals surface area (Å²) in [7, 11) is -2.80. The maximum Gasteiger partial charge on any atom is 0.261 e. The zero-order valence-electron chi connectivity index (χ0n) is 15.7. The van der Waals surface area contributed by atoms with Gasteiger partial charge in [0.1, 0.15) is 0 Å². The maximum absolute atomic E-state index is 14.1. The molecule has 4 nitrogen and oxygen atoms in total. The zero-order valence-corrected chi connectivity index (χ0v) is 17.7. The van der Waals surface area contributed by atoms with Crippen LogP contribution in [0.1, 0.15) is 33.1 Å². The van der Waals surface area contributed by atoms with Gasteiger partial charge in [-0.1, -0.05) is 21.4 Å². The molecule has 3 unspecified atom stereocenters. The molecule has 29 heavy (non-hydrogen) atoms. The minimum atomic E-state index is -4.39. The fourth-order valence-electron chi connectivity index (χ4n) is 3.12. The summed E-state index contributed by atoms with van der Waals surface area (Å²) < 4.78 is 99.4. The Labute approximate surface area is 168 Å². The second-order valence-corrected chi connectivity index (χ2v) is 9.14. The third kappa shape index (κ3) is 5.69. The molecule has 0 aromatic heterocycles. The summed E-state index contributed by atoms with van der Waals surface area (Å²) >= 11 is 0. The highest BCUT2D eigenvalue weighted by atomic mass is 32.2. The number of hydrogen-bond acceptors (Lipinski definition) is 3. The van der Waals surface area contributed by atoms with Crippen LogP contribution in [0.4, 0.5) is 27.6 Å². The van der Waals surface area contributed by atoms with Gasteiger partial charge in [-0.2, -0.15) is 4.39 Å². The van der Waals surface area contributed by atoms with Crippen LogP contribution in [0.15, 0.2) is 34.8 Å². The number of hydrogen-bond donors (Lipinski definition) is 1. The Hall–Kier alpha value is -1.67. The number of sulfonamides is 1. The van der Waals surface area contributed by atoms with Crippen molar-refractivity contribution in [2.75, 3.05) is 4.72 Å². The Morgan fingerprint density at radius 2 is 1.97 bits per heavy atom. The van der Waals surface area contributed by atoms with E-state index >= 15 is 0 Å². The van der Waals surface area contributed by atoms with Crippen molar-refractivity contribution in [3.8, 4) is 5.75 Å². The van der Waals surface area contributed by atoms with E-state index in [1.165, 1.54) is 6.92 Å². The molecule has 1 aliphatic rings. The molecule has 162 valence electrons. The lowest BCUT2D eigenvalue weighted by molar-refractivity contribution is -0.0442. The zero-order chi connectivity index (χ0) is 22.1. The number of ether oxygens (including phenoxy) is 1. The predicted molar refractivity (Wildman–Crippen MR) is 104 cm³/mol. The van der Waals surface area contributed by atoms with Crippen LogP contribution in [0.5, 0.6) is 5.75 Å². The highest BCUT2D eigenvalue weighted by Gasteiger charge is 2.37. The van der Waals surface area contributed by atoms with Crippen molar-refractivity contribution in [2.24, 2.45) is 5.92 Å². The average molecular weight is 457 g/mol.